The van der Waals surface area contributed by atoms with Gasteiger partial charge in [0.2, 0.25) is 0 Å². The van der Waals surface area contributed by atoms with E-state index in [4.69, 9.17) is 0 Å². The molecule has 0 N–H and O–H groups in total. The molecule has 2 nitrogen and oxygen atoms in total. The van der Waals surface area contributed by atoms with Gasteiger partial charge in [0, 0.05) is 5.92 Å². The number of ether oxygens (including phenoxy) is 1. The van der Waals surface area contributed by atoms with Crippen molar-refractivity contribution in [3.63, 3.8) is 0 Å². The van der Waals surface area contributed by atoms with Crippen LogP contribution in [0.3, 0.4) is 0 Å². The van der Waals surface area contributed by atoms with E-state index in [1.54, 1.807) is 0 Å². The normalized spacial score (nSPS) is 18.9. The summed E-state index contributed by atoms with van der Waals surface area (Å²) >= 11 is 0. The molecule has 0 amide bonds. The molecule has 1 fully saturated rings. The maximum atomic E-state index is 11.1. The van der Waals surface area contributed by atoms with Crippen molar-refractivity contribution in [1.29, 1.82) is 0 Å². The van der Waals surface area contributed by atoms with Crippen molar-refractivity contribution in [2.24, 2.45) is 0 Å². The summed E-state index contributed by atoms with van der Waals surface area (Å²) in [6, 6.07) is 10.4. The Balaban J connectivity index is 2.27. The van der Waals surface area contributed by atoms with Crippen LogP contribution in [0.5, 0.6) is 0 Å². The second-order valence-electron chi connectivity index (χ2n) is 4.55. The second kappa shape index (κ2) is 6.23. The molecule has 1 unspecified atom stereocenters. The number of methoxy groups -OCH3 is 1. The van der Waals surface area contributed by atoms with E-state index in [0.717, 1.165) is 12.8 Å². The van der Waals surface area contributed by atoms with E-state index in [2.05, 4.69) is 34.7 Å². The van der Waals surface area contributed by atoms with Crippen LogP contribution in [0.25, 0.3) is 0 Å². The van der Waals surface area contributed by atoms with Gasteiger partial charge in [0.25, 0.3) is 0 Å². The number of esters is 1. The third kappa shape index (κ3) is 3.12. The lowest BCUT2D eigenvalue weighted by Crippen LogP contribution is -2.07. The highest BCUT2D eigenvalue weighted by atomic mass is 16.5. The number of carbonyl (C=O) groups is 1. The molecule has 1 atom stereocenters. The predicted molar refractivity (Wildman–Crippen MR) is 71.3 cm³/mol. The summed E-state index contributed by atoms with van der Waals surface area (Å²) in [5, 5.41) is 0. The van der Waals surface area contributed by atoms with Crippen molar-refractivity contribution in [3.05, 3.63) is 53.3 Å². The Morgan fingerprint density at radius 1 is 1.33 bits per heavy atom. The molecule has 94 valence electrons. The Morgan fingerprint density at radius 3 is 2.83 bits per heavy atom. The topological polar surface area (TPSA) is 26.3 Å². The predicted octanol–water partition coefficient (Wildman–Crippen LogP) is 3.60. The van der Waals surface area contributed by atoms with Crippen LogP contribution in [-0.4, -0.2) is 13.1 Å². The number of carbonyl (C=O) groups excluding carboxylic acids is 1. The highest BCUT2D eigenvalue weighted by Gasteiger charge is 2.20. The molecule has 0 aliphatic heterocycles. The summed E-state index contributed by atoms with van der Waals surface area (Å²) in [7, 11) is 1.39. The molecule has 0 radical (unpaired) electrons. The lowest BCUT2D eigenvalue weighted by atomic mass is 9.80. The molecule has 1 aliphatic rings. The van der Waals surface area contributed by atoms with Crippen LogP contribution >= 0.6 is 0 Å². The van der Waals surface area contributed by atoms with Crippen molar-refractivity contribution in [2.75, 3.05) is 7.11 Å². The molecule has 18 heavy (non-hydrogen) atoms. The van der Waals surface area contributed by atoms with Gasteiger partial charge in [0.05, 0.1) is 13.2 Å². The number of hydrogen-bond donors (Lipinski definition) is 0. The molecular weight excluding hydrogens is 224 g/mol. The van der Waals surface area contributed by atoms with Gasteiger partial charge in [-0.15, -0.1) is 5.73 Å². The zero-order chi connectivity index (χ0) is 12.8. The summed E-state index contributed by atoms with van der Waals surface area (Å²) in [5.74, 6) is 0.0701. The Bertz CT molecular complexity index is 467. The first-order chi connectivity index (χ1) is 8.81. The van der Waals surface area contributed by atoms with Gasteiger partial charge in [-0.05, 0) is 30.4 Å². The fraction of sp³-hybridized carbons (Fsp3) is 0.375. The van der Waals surface area contributed by atoms with Crippen LogP contribution in [0.1, 0.15) is 37.2 Å². The lowest BCUT2D eigenvalue weighted by Gasteiger charge is -2.24. The monoisotopic (exact) mass is 242 g/mol. The maximum Gasteiger partial charge on any atom is 0.338 e. The van der Waals surface area contributed by atoms with Crippen LogP contribution < -0.4 is 0 Å². The highest BCUT2D eigenvalue weighted by Crippen LogP contribution is 2.36. The minimum atomic E-state index is -0.333. The second-order valence-corrected chi connectivity index (χ2v) is 4.55. The molecule has 2 heteroatoms. The minimum Gasteiger partial charge on any atom is -0.465 e. The molecule has 1 saturated carbocycles. The van der Waals surface area contributed by atoms with Gasteiger partial charge in [-0.25, -0.2) is 4.79 Å². The largest absolute Gasteiger partial charge is 0.465 e. The molecule has 1 aromatic rings. The SMILES string of the molecule is COC(=O)C=C=C1CCCCC1c1ccccc1. The van der Waals surface area contributed by atoms with Crippen LogP contribution in [0.2, 0.25) is 0 Å². The molecule has 1 aliphatic carbocycles. The quantitative estimate of drug-likeness (QED) is 0.450. The van der Waals surface area contributed by atoms with Crippen molar-refractivity contribution in [1.82, 2.24) is 0 Å². The Hall–Kier alpha value is -1.79. The highest BCUT2D eigenvalue weighted by molar-refractivity contribution is 5.81. The molecule has 0 spiro atoms. The van der Waals surface area contributed by atoms with Crippen LogP contribution in [0, 0.1) is 0 Å². The molecule has 0 saturated heterocycles. The Morgan fingerprint density at radius 2 is 2.11 bits per heavy atom. The molecule has 1 aromatic carbocycles. The third-order valence-electron chi connectivity index (χ3n) is 3.39. The van der Waals surface area contributed by atoms with E-state index in [9.17, 15) is 4.79 Å². The van der Waals surface area contributed by atoms with E-state index in [1.165, 1.54) is 37.2 Å². The fourth-order valence-electron chi connectivity index (χ4n) is 2.45. The van der Waals surface area contributed by atoms with Crippen LogP contribution in [0.4, 0.5) is 0 Å². The standard InChI is InChI=1S/C16H18O2/c1-18-16(17)12-11-14-9-5-6-10-15(14)13-7-3-2-4-8-13/h2-4,7-8,12,15H,5-6,9-10H2,1H3. The van der Waals surface area contributed by atoms with Crippen molar-refractivity contribution < 1.29 is 9.53 Å². The maximum absolute atomic E-state index is 11.1. The van der Waals surface area contributed by atoms with Crippen molar-refractivity contribution in [3.8, 4) is 0 Å². The molecular formula is C16H18O2. The summed E-state index contributed by atoms with van der Waals surface area (Å²) in [5.41, 5.74) is 5.68. The van der Waals surface area contributed by atoms with Gasteiger partial charge < -0.3 is 4.74 Å². The van der Waals surface area contributed by atoms with E-state index in [-0.39, 0.29) is 5.97 Å². The van der Waals surface area contributed by atoms with Gasteiger partial charge in [-0.3, -0.25) is 0 Å². The fourth-order valence-corrected chi connectivity index (χ4v) is 2.45. The number of hydrogen-bond acceptors (Lipinski definition) is 2. The van der Waals surface area contributed by atoms with E-state index in [1.807, 2.05) is 6.07 Å². The molecule has 0 aromatic heterocycles. The number of benzene rings is 1. The molecule has 0 heterocycles. The van der Waals surface area contributed by atoms with E-state index in [0.29, 0.717) is 5.92 Å². The van der Waals surface area contributed by atoms with Gasteiger partial charge in [-0.1, -0.05) is 36.8 Å². The zero-order valence-electron chi connectivity index (χ0n) is 10.7. The third-order valence-corrected chi connectivity index (χ3v) is 3.39. The molecule has 0 bridgehead atoms. The van der Waals surface area contributed by atoms with Crippen molar-refractivity contribution >= 4 is 5.97 Å². The lowest BCUT2D eigenvalue weighted by molar-refractivity contribution is -0.134. The first kappa shape index (κ1) is 12.7. The Labute approximate surface area is 108 Å². The average molecular weight is 242 g/mol. The number of rotatable bonds is 2. The Kier molecular flexibility index (Phi) is 4.38. The summed E-state index contributed by atoms with van der Waals surface area (Å²) < 4.78 is 4.61. The first-order valence-corrected chi connectivity index (χ1v) is 6.39. The summed E-state index contributed by atoms with van der Waals surface area (Å²) in [6.45, 7) is 0. The first-order valence-electron chi connectivity index (χ1n) is 6.39. The summed E-state index contributed by atoms with van der Waals surface area (Å²) in [6.07, 6.45) is 5.99. The van der Waals surface area contributed by atoms with Crippen LogP contribution in [-0.2, 0) is 9.53 Å². The van der Waals surface area contributed by atoms with Crippen LogP contribution in [0.15, 0.2) is 47.7 Å². The van der Waals surface area contributed by atoms with Gasteiger partial charge in [0.15, 0.2) is 0 Å². The van der Waals surface area contributed by atoms with Gasteiger partial charge in [0.1, 0.15) is 0 Å². The van der Waals surface area contributed by atoms with E-state index >= 15 is 0 Å². The van der Waals surface area contributed by atoms with Gasteiger partial charge >= 0.3 is 5.97 Å². The van der Waals surface area contributed by atoms with Gasteiger partial charge in [-0.2, -0.15) is 0 Å². The van der Waals surface area contributed by atoms with Crippen molar-refractivity contribution in [2.45, 2.75) is 31.6 Å². The zero-order valence-corrected chi connectivity index (χ0v) is 10.7. The van der Waals surface area contributed by atoms with E-state index < -0.39 is 0 Å². The smallest absolute Gasteiger partial charge is 0.338 e. The molecule has 2 rings (SSSR count). The summed E-state index contributed by atoms with van der Waals surface area (Å²) in [4.78, 5) is 11.1. The minimum absolute atomic E-state index is 0.333. The average Bonchev–Trinajstić information content (AvgIpc) is 2.46.